The van der Waals surface area contributed by atoms with E-state index in [0.717, 1.165) is 0 Å². The van der Waals surface area contributed by atoms with E-state index in [9.17, 15) is 15.2 Å². The van der Waals surface area contributed by atoms with Gasteiger partial charge in [0.05, 0.1) is 24.3 Å². The topological polar surface area (TPSA) is 91.6 Å². The molecule has 0 saturated heterocycles. The van der Waals surface area contributed by atoms with Crippen LogP contribution in [0.25, 0.3) is 0 Å². The molecule has 0 unspecified atom stereocenters. The average Bonchev–Trinajstić information content (AvgIpc) is 2.38. The second-order valence-corrected chi connectivity index (χ2v) is 6.44. The number of phenols is 1. The van der Waals surface area contributed by atoms with E-state index in [1.807, 2.05) is 0 Å². The number of hydrogen-bond acceptors (Lipinski definition) is 5. The van der Waals surface area contributed by atoms with Gasteiger partial charge in [-0.2, -0.15) is 5.26 Å². The molecule has 0 aliphatic carbocycles. The molecular weight excluding hydrogens is 284 g/mol. The maximum Gasteiger partial charge on any atom is 0.412 e. The van der Waals surface area contributed by atoms with Gasteiger partial charge in [-0.05, 0) is 52.3 Å². The lowest BCUT2D eigenvalue weighted by atomic mass is 9.86. The maximum atomic E-state index is 11.9. The minimum Gasteiger partial charge on any atom is -0.503 e. The zero-order valence-corrected chi connectivity index (χ0v) is 13.8. The van der Waals surface area contributed by atoms with E-state index >= 15 is 0 Å². The highest BCUT2D eigenvalue weighted by Gasteiger charge is 2.25. The van der Waals surface area contributed by atoms with E-state index in [1.165, 1.54) is 13.2 Å². The minimum absolute atomic E-state index is 0.131. The number of nitrogens with one attached hydrogen (secondary N) is 1. The van der Waals surface area contributed by atoms with Crippen LogP contribution >= 0.6 is 0 Å². The number of nitrogens with zero attached hydrogens (tertiary/aromatic N) is 1. The smallest absolute Gasteiger partial charge is 0.412 e. The Morgan fingerprint density at radius 1 is 1.27 bits per heavy atom. The first-order chi connectivity index (χ1) is 10.00. The van der Waals surface area contributed by atoms with Gasteiger partial charge < -0.3 is 14.6 Å². The van der Waals surface area contributed by atoms with Crippen molar-refractivity contribution in [3.05, 3.63) is 17.7 Å². The first-order valence-corrected chi connectivity index (χ1v) is 6.83. The number of carbonyl (C=O) groups is 1. The molecule has 0 heterocycles. The summed E-state index contributed by atoms with van der Waals surface area (Å²) >= 11 is 0. The summed E-state index contributed by atoms with van der Waals surface area (Å²) in [6, 6.07) is 5.27. The summed E-state index contributed by atoms with van der Waals surface area (Å²) in [5.74, 6) is -0.0438. The van der Waals surface area contributed by atoms with E-state index < -0.39 is 17.1 Å². The number of benzene rings is 1. The normalized spacial score (nSPS) is 11.5. The van der Waals surface area contributed by atoms with Crippen molar-refractivity contribution in [2.24, 2.45) is 0 Å². The van der Waals surface area contributed by atoms with Crippen molar-refractivity contribution in [2.75, 3.05) is 12.4 Å². The number of hydrogen-bond donors (Lipinski definition) is 2. The number of methoxy groups -OCH3 is 1. The van der Waals surface area contributed by atoms with Gasteiger partial charge in [0.2, 0.25) is 0 Å². The molecule has 0 bridgehead atoms. The SMILES string of the molecule is COc1cc(C(C)(C)C#N)cc(NC(=O)OC(C)(C)C)c1O. The van der Waals surface area contributed by atoms with E-state index in [0.29, 0.717) is 5.56 Å². The number of aromatic hydroxyl groups is 1. The number of phenolic OH excluding ortho intramolecular Hbond substituents is 1. The van der Waals surface area contributed by atoms with Gasteiger partial charge in [-0.1, -0.05) is 0 Å². The number of amides is 1. The molecule has 2 N–H and O–H groups in total. The lowest BCUT2D eigenvalue weighted by Crippen LogP contribution is -2.27. The third kappa shape index (κ3) is 4.29. The Hall–Kier alpha value is -2.42. The molecule has 0 fully saturated rings. The third-order valence-electron chi connectivity index (χ3n) is 2.93. The summed E-state index contributed by atoms with van der Waals surface area (Å²) in [4.78, 5) is 11.9. The Bertz CT molecular complexity index is 610. The van der Waals surface area contributed by atoms with Gasteiger partial charge in [-0.3, -0.25) is 5.32 Å². The van der Waals surface area contributed by atoms with Crippen LogP contribution in [0.2, 0.25) is 0 Å². The molecule has 120 valence electrons. The third-order valence-corrected chi connectivity index (χ3v) is 2.93. The Kier molecular flexibility index (Phi) is 4.92. The van der Waals surface area contributed by atoms with Crippen LogP contribution in [0.5, 0.6) is 11.5 Å². The predicted octanol–water partition coefficient (Wildman–Crippen LogP) is 3.55. The number of ether oxygens (including phenoxy) is 2. The van der Waals surface area contributed by atoms with E-state index in [-0.39, 0.29) is 17.2 Å². The fourth-order valence-corrected chi connectivity index (χ4v) is 1.70. The van der Waals surface area contributed by atoms with Gasteiger partial charge >= 0.3 is 6.09 Å². The fourth-order valence-electron chi connectivity index (χ4n) is 1.70. The molecule has 6 nitrogen and oxygen atoms in total. The van der Waals surface area contributed by atoms with Crippen molar-refractivity contribution in [3.8, 4) is 17.6 Å². The van der Waals surface area contributed by atoms with Crippen LogP contribution in [0.4, 0.5) is 10.5 Å². The highest BCUT2D eigenvalue weighted by atomic mass is 16.6. The van der Waals surface area contributed by atoms with E-state index in [2.05, 4.69) is 11.4 Å². The minimum atomic E-state index is -0.800. The van der Waals surface area contributed by atoms with Crippen molar-refractivity contribution >= 4 is 11.8 Å². The lowest BCUT2D eigenvalue weighted by Gasteiger charge is -2.22. The Labute approximate surface area is 130 Å². The molecule has 1 rings (SSSR count). The van der Waals surface area contributed by atoms with Crippen LogP contribution in [-0.4, -0.2) is 23.9 Å². The number of carbonyl (C=O) groups excluding carboxylic acids is 1. The van der Waals surface area contributed by atoms with Crippen LogP contribution in [0.3, 0.4) is 0 Å². The summed E-state index contributed by atoms with van der Waals surface area (Å²) in [7, 11) is 1.40. The largest absolute Gasteiger partial charge is 0.503 e. The first kappa shape index (κ1) is 17.6. The van der Waals surface area contributed by atoms with Gasteiger partial charge in [-0.15, -0.1) is 0 Å². The number of nitriles is 1. The van der Waals surface area contributed by atoms with E-state index in [4.69, 9.17) is 9.47 Å². The van der Waals surface area contributed by atoms with Crippen LogP contribution in [0.1, 0.15) is 40.2 Å². The van der Waals surface area contributed by atoms with Crippen molar-refractivity contribution in [1.82, 2.24) is 0 Å². The van der Waals surface area contributed by atoms with Crippen LogP contribution in [-0.2, 0) is 10.2 Å². The second-order valence-electron chi connectivity index (χ2n) is 6.44. The van der Waals surface area contributed by atoms with E-state index in [1.54, 1.807) is 40.7 Å². The molecule has 0 saturated carbocycles. The summed E-state index contributed by atoms with van der Waals surface area (Å²) in [5, 5.41) is 21.8. The van der Waals surface area contributed by atoms with Crippen LogP contribution in [0.15, 0.2) is 12.1 Å². The Morgan fingerprint density at radius 2 is 1.86 bits per heavy atom. The monoisotopic (exact) mass is 306 g/mol. The molecule has 0 spiro atoms. The van der Waals surface area contributed by atoms with Crippen molar-refractivity contribution in [1.29, 1.82) is 5.26 Å². The van der Waals surface area contributed by atoms with Gasteiger partial charge in [0.1, 0.15) is 5.60 Å². The number of anilines is 1. The Balaban J connectivity index is 3.22. The Morgan fingerprint density at radius 3 is 2.32 bits per heavy atom. The molecule has 0 aliphatic rings. The molecule has 1 aromatic carbocycles. The maximum absolute atomic E-state index is 11.9. The molecule has 0 aliphatic heterocycles. The summed E-state index contributed by atoms with van der Waals surface area (Å²) < 4.78 is 10.3. The van der Waals surface area contributed by atoms with Gasteiger partial charge in [-0.25, -0.2) is 4.79 Å². The van der Waals surface area contributed by atoms with Crippen LogP contribution in [0, 0.1) is 11.3 Å². The average molecular weight is 306 g/mol. The van der Waals surface area contributed by atoms with Crippen LogP contribution < -0.4 is 10.1 Å². The van der Waals surface area contributed by atoms with Crippen molar-refractivity contribution in [3.63, 3.8) is 0 Å². The number of rotatable bonds is 3. The fraction of sp³-hybridized carbons (Fsp3) is 0.500. The lowest BCUT2D eigenvalue weighted by molar-refractivity contribution is 0.0635. The molecule has 22 heavy (non-hydrogen) atoms. The second kappa shape index (κ2) is 6.14. The summed E-state index contributed by atoms with van der Waals surface area (Å²) in [6.45, 7) is 8.68. The van der Waals surface area contributed by atoms with Crippen molar-refractivity contribution < 1.29 is 19.4 Å². The molecule has 0 aromatic heterocycles. The van der Waals surface area contributed by atoms with Gasteiger partial charge in [0.15, 0.2) is 11.5 Å². The highest BCUT2D eigenvalue weighted by Crippen LogP contribution is 2.39. The molecule has 0 radical (unpaired) electrons. The zero-order chi connectivity index (χ0) is 17.1. The molecule has 1 amide bonds. The van der Waals surface area contributed by atoms with Gasteiger partial charge in [0.25, 0.3) is 0 Å². The quantitative estimate of drug-likeness (QED) is 0.833. The first-order valence-electron chi connectivity index (χ1n) is 6.83. The highest BCUT2D eigenvalue weighted by molar-refractivity contribution is 5.88. The standard InChI is InChI=1S/C16H22N2O4/c1-15(2,3)22-14(20)18-11-7-10(16(4,5)9-17)8-12(21-6)13(11)19/h7-8,19H,1-6H3,(H,18,20). The summed E-state index contributed by atoms with van der Waals surface area (Å²) in [5.41, 5.74) is -0.721. The molecule has 1 aromatic rings. The molecule has 0 atom stereocenters. The summed E-state index contributed by atoms with van der Waals surface area (Å²) in [6.07, 6.45) is -0.697. The van der Waals surface area contributed by atoms with Gasteiger partial charge in [0, 0.05) is 0 Å². The molecule has 6 heteroatoms. The predicted molar refractivity (Wildman–Crippen MR) is 83.2 cm³/mol. The van der Waals surface area contributed by atoms with Crippen molar-refractivity contribution in [2.45, 2.75) is 45.6 Å². The molecular formula is C16H22N2O4. The zero-order valence-electron chi connectivity index (χ0n) is 13.8.